The highest BCUT2D eigenvalue weighted by Crippen LogP contribution is 2.33. The number of benzene rings is 1. The van der Waals surface area contributed by atoms with Gasteiger partial charge in [-0.3, -0.25) is 9.59 Å². The van der Waals surface area contributed by atoms with Crippen LogP contribution in [0, 0.1) is 12.7 Å². The van der Waals surface area contributed by atoms with Crippen LogP contribution in [0.5, 0.6) is 5.75 Å². The summed E-state index contributed by atoms with van der Waals surface area (Å²) >= 11 is 0. The van der Waals surface area contributed by atoms with Crippen LogP contribution in [0.1, 0.15) is 39.3 Å². The Morgan fingerprint density at radius 2 is 1.85 bits per heavy atom. The second-order valence-corrected chi connectivity index (χ2v) is 6.76. The van der Waals surface area contributed by atoms with E-state index < -0.39 is 17.5 Å². The molecule has 0 radical (unpaired) electrons. The summed E-state index contributed by atoms with van der Waals surface area (Å²) < 4.78 is 18.6. The predicted octanol–water partition coefficient (Wildman–Crippen LogP) is 1.96. The van der Waals surface area contributed by atoms with Gasteiger partial charge < -0.3 is 19.3 Å². The molecule has 3 saturated heterocycles. The number of aromatic hydroxyl groups is 1. The molecule has 2 atom stereocenters. The molecule has 2 unspecified atom stereocenters. The number of oxazole rings is 1. The number of aryl methyl sites for hydroxylation is 1. The molecule has 2 amide bonds. The number of phenolic OH excluding ortho intramolecular Hbond substituents is 1. The van der Waals surface area contributed by atoms with Crippen molar-refractivity contribution in [2.24, 2.45) is 0 Å². The number of piperidine rings is 2. The third kappa shape index (κ3) is 2.53. The van der Waals surface area contributed by atoms with E-state index >= 15 is 0 Å². The molecule has 1 aromatic carbocycles. The average molecular weight is 359 g/mol. The molecule has 26 heavy (non-hydrogen) atoms. The lowest BCUT2D eigenvalue weighted by Crippen LogP contribution is -2.65. The van der Waals surface area contributed by atoms with Crippen molar-refractivity contribution in [3.8, 4) is 5.75 Å². The molecule has 7 nitrogen and oxygen atoms in total. The Kier molecular flexibility index (Phi) is 3.90. The van der Waals surface area contributed by atoms with Crippen LogP contribution in [0.3, 0.4) is 0 Å². The molecule has 0 saturated carbocycles. The first-order valence-electron chi connectivity index (χ1n) is 8.45. The fourth-order valence-electron chi connectivity index (χ4n) is 3.87. The van der Waals surface area contributed by atoms with Gasteiger partial charge >= 0.3 is 0 Å². The van der Waals surface area contributed by atoms with Gasteiger partial charge in [-0.1, -0.05) is 6.07 Å². The van der Waals surface area contributed by atoms with E-state index in [0.29, 0.717) is 18.7 Å². The van der Waals surface area contributed by atoms with Gasteiger partial charge in [-0.2, -0.15) is 0 Å². The van der Waals surface area contributed by atoms with Gasteiger partial charge in [-0.25, -0.2) is 9.37 Å². The number of amides is 2. The van der Waals surface area contributed by atoms with Crippen LogP contribution in [-0.4, -0.2) is 56.9 Å². The maximum Gasteiger partial charge on any atom is 0.276 e. The number of rotatable bonds is 2. The Hall–Kier alpha value is -2.90. The van der Waals surface area contributed by atoms with Crippen molar-refractivity contribution in [1.29, 1.82) is 0 Å². The number of carbonyl (C=O) groups excluding carboxylic acids is 2. The standard InChI is InChI=1S/C18H18FN3O4/c1-10-2-5-13(19)16(23)15(10)18(25)22-7-11-3-4-12(22)6-21(11)17(24)14-8-26-9-20-14/h2,5,8-9,11-12,23H,3-4,6-7H2,1H3. The topological polar surface area (TPSA) is 86.9 Å². The van der Waals surface area contributed by atoms with Gasteiger partial charge in [0.15, 0.2) is 23.7 Å². The molecule has 136 valence electrons. The van der Waals surface area contributed by atoms with E-state index in [-0.39, 0.29) is 29.2 Å². The lowest BCUT2D eigenvalue weighted by Gasteiger charge is -2.51. The molecule has 4 heterocycles. The van der Waals surface area contributed by atoms with E-state index in [1.807, 2.05) is 0 Å². The van der Waals surface area contributed by atoms with E-state index in [2.05, 4.69) is 4.98 Å². The van der Waals surface area contributed by atoms with Gasteiger partial charge in [0, 0.05) is 25.2 Å². The molecule has 2 bridgehead atoms. The van der Waals surface area contributed by atoms with Crippen molar-refractivity contribution >= 4 is 11.8 Å². The van der Waals surface area contributed by atoms with Crippen LogP contribution in [0.25, 0.3) is 0 Å². The van der Waals surface area contributed by atoms with E-state index in [9.17, 15) is 19.1 Å². The summed E-state index contributed by atoms with van der Waals surface area (Å²) in [6, 6.07) is 2.31. The van der Waals surface area contributed by atoms with Crippen molar-refractivity contribution in [2.45, 2.75) is 31.8 Å². The van der Waals surface area contributed by atoms with E-state index in [0.717, 1.165) is 18.9 Å². The van der Waals surface area contributed by atoms with Crippen molar-refractivity contribution in [3.63, 3.8) is 0 Å². The molecule has 3 aliphatic rings. The molecular formula is C18H18FN3O4. The maximum absolute atomic E-state index is 13.7. The summed E-state index contributed by atoms with van der Waals surface area (Å²) in [6.45, 7) is 2.40. The zero-order valence-corrected chi connectivity index (χ0v) is 14.2. The van der Waals surface area contributed by atoms with Crippen molar-refractivity contribution < 1.29 is 23.5 Å². The summed E-state index contributed by atoms with van der Waals surface area (Å²) in [5, 5.41) is 10.0. The fourth-order valence-corrected chi connectivity index (χ4v) is 3.87. The van der Waals surface area contributed by atoms with Gasteiger partial charge in [0.1, 0.15) is 6.26 Å². The highest BCUT2D eigenvalue weighted by molar-refractivity contribution is 5.99. The second-order valence-electron chi connectivity index (χ2n) is 6.76. The third-order valence-electron chi connectivity index (χ3n) is 5.25. The second kappa shape index (κ2) is 6.12. The number of phenols is 1. The van der Waals surface area contributed by atoms with Crippen LogP contribution in [0.15, 0.2) is 29.2 Å². The van der Waals surface area contributed by atoms with E-state index in [1.54, 1.807) is 16.7 Å². The molecule has 3 aliphatic heterocycles. The van der Waals surface area contributed by atoms with Crippen LogP contribution in [-0.2, 0) is 0 Å². The molecule has 0 aliphatic carbocycles. The third-order valence-corrected chi connectivity index (χ3v) is 5.25. The van der Waals surface area contributed by atoms with Crippen molar-refractivity contribution in [2.75, 3.05) is 13.1 Å². The smallest absolute Gasteiger partial charge is 0.276 e. The van der Waals surface area contributed by atoms with Gasteiger partial charge in [0.05, 0.1) is 5.56 Å². The van der Waals surface area contributed by atoms with Crippen LogP contribution in [0.4, 0.5) is 4.39 Å². The minimum absolute atomic E-state index is 0.00747. The minimum Gasteiger partial charge on any atom is -0.504 e. The fraction of sp³-hybridized carbons (Fsp3) is 0.389. The molecule has 5 rings (SSSR count). The number of piperazine rings is 1. The Balaban J connectivity index is 1.58. The number of fused-ring (bicyclic) bond motifs is 3. The maximum atomic E-state index is 13.7. The zero-order chi connectivity index (χ0) is 18.4. The molecule has 1 N–H and O–H groups in total. The summed E-state index contributed by atoms with van der Waals surface area (Å²) in [6.07, 6.45) is 4.06. The summed E-state index contributed by atoms with van der Waals surface area (Å²) in [5.41, 5.74) is 0.756. The van der Waals surface area contributed by atoms with Crippen LogP contribution in [0.2, 0.25) is 0 Å². The normalized spacial score (nSPS) is 21.9. The lowest BCUT2D eigenvalue weighted by molar-refractivity contribution is -0.00653. The quantitative estimate of drug-likeness (QED) is 0.886. The monoisotopic (exact) mass is 359 g/mol. The molecule has 3 fully saturated rings. The highest BCUT2D eigenvalue weighted by atomic mass is 19.1. The van der Waals surface area contributed by atoms with Crippen molar-refractivity contribution in [1.82, 2.24) is 14.8 Å². The minimum atomic E-state index is -0.816. The number of halogens is 1. The van der Waals surface area contributed by atoms with Gasteiger partial charge in [-0.15, -0.1) is 0 Å². The summed E-state index contributed by atoms with van der Waals surface area (Å²) in [7, 11) is 0. The number of aromatic nitrogens is 1. The van der Waals surface area contributed by atoms with Gasteiger partial charge in [0.25, 0.3) is 11.8 Å². The molecule has 1 aromatic heterocycles. The predicted molar refractivity (Wildman–Crippen MR) is 88.2 cm³/mol. The SMILES string of the molecule is Cc1ccc(F)c(O)c1C(=O)N1CC2CCC1CN2C(=O)c1cocn1. The zero-order valence-electron chi connectivity index (χ0n) is 14.2. The molecule has 2 aromatic rings. The number of hydrogen-bond acceptors (Lipinski definition) is 5. The number of carbonyl (C=O) groups is 2. The van der Waals surface area contributed by atoms with Crippen LogP contribution < -0.4 is 0 Å². The first kappa shape index (κ1) is 16.6. The lowest BCUT2D eigenvalue weighted by atomic mass is 9.89. The summed E-state index contributed by atoms with van der Waals surface area (Å²) in [4.78, 5) is 32.8. The average Bonchev–Trinajstić information content (AvgIpc) is 3.19. The Labute approximate surface area is 149 Å². The van der Waals surface area contributed by atoms with E-state index in [4.69, 9.17) is 4.42 Å². The largest absolute Gasteiger partial charge is 0.504 e. The van der Waals surface area contributed by atoms with E-state index in [1.165, 1.54) is 18.7 Å². The molecule has 0 spiro atoms. The first-order valence-corrected chi connectivity index (χ1v) is 8.45. The molecular weight excluding hydrogens is 341 g/mol. The Bertz CT molecular complexity index is 868. The number of hydrogen-bond donors (Lipinski definition) is 1. The Morgan fingerprint density at radius 3 is 2.42 bits per heavy atom. The number of nitrogens with zero attached hydrogens (tertiary/aromatic N) is 3. The van der Waals surface area contributed by atoms with Crippen LogP contribution >= 0.6 is 0 Å². The highest BCUT2D eigenvalue weighted by Gasteiger charge is 2.44. The Morgan fingerprint density at radius 1 is 1.19 bits per heavy atom. The molecule has 8 heteroatoms. The summed E-state index contributed by atoms with van der Waals surface area (Å²) in [5.74, 6) is -2.05. The van der Waals surface area contributed by atoms with Gasteiger partial charge in [-0.05, 0) is 31.4 Å². The first-order chi connectivity index (χ1) is 12.5. The van der Waals surface area contributed by atoms with Gasteiger partial charge in [0.2, 0.25) is 0 Å². The van der Waals surface area contributed by atoms with Crippen molar-refractivity contribution in [3.05, 3.63) is 47.4 Å².